The van der Waals surface area contributed by atoms with Crippen molar-refractivity contribution in [2.75, 3.05) is 0 Å². The third kappa shape index (κ3) is 11.2. The first-order valence-electron chi connectivity index (χ1n) is 6.68. The van der Waals surface area contributed by atoms with E-state index in [0.717, 1.165) is 12.8 Å². The molecular weight excluding hydrogens is 196 g/mol. The molecule has 0 radical (unpaired) electrons. The quantitative estimate of drug-likeness (QED) is 0.382. The van der Waals surface area contributed by atoms with Crippen LogP contribution in [0.1, 0.15) is 65.2 Å². The van der Waals surface area contributed by atoms with Crippen molar-refractivity contribution in [2.24, 2.45) is 0 Å². The van der Waals surface area contributed by atoms with Gasteiger partial charge in [-0.25, -0.2) is 0 Å². The van der Waals surface area contributed by atoms with Crippen LogP contribution >= 0.6 is 0 Å². The summed E-state index contributed by atoms with van der Waals surface area (Å²) >= 11 is 0. The summed E-state index contributed by atoms with van der Waals surface area (Å²) in [6.45, 7) is 4.38. The van der Waals surface area contributed by atoms with Gasteiger partial charge in [-0.1, -0.05) is 51.7 Å². The fourth-order valence-electron chi connectivity index (χ4n) is 1.48. The number of rotatable bonds is 10. The molecular formula is C15H26O. The molecule has 0 aliphatic heterocycles. The lowest BCUT2D eigenvalue weighted by Gasteiger charge is -1.91. The van der Waals surface area contributed by atoms with Crippen LogP contribution in [-0.4, -0.2) is 5.78 Å². The van der Waals surface area contributed by atoms with Crippen molar-refractivity contribution in [1.82, 2.24) is 0 Å². The van der Waals surface area contributed by atoms with Crippen molar-refractivity contribution in [3.63, 3.8) is 0 Å². The van der Waals surface area contributed by atoms with Gasteiger partial charge in [0.1, 0.15) is 0 Å². The first kappa shape index (κ1) is 15.2. The SMILES string of the molecule is CCCCC/C=C/C(=O)/C=C/CCCCC. The second-order valence-electron chi connectivity index (χ2n) is 4.20. The maximum absolute atomic E-state index is 11.3. The molecule has 0 atom stereocenters. The number of carbonyl (C=O) groups excluding carboxylic acids is 1. The number of hydrogen-bond acceptors (Lipinski definition) is 1. The van der Waals surface area contributed by atoms with E-state index in [1.165, 1.54) is 38.5 Å². The molecule has 1 nitrogen and oxygen atoms in total. The predicted molar refractivity (Wildman–Crippen MR) is 71.6 cm³/mol. The van der Waals surface area contributed by atoms with Crippen LogP contribution in [0.4, 0.5) is 0 Å². The molecule has 0 saturated heterocycles. The summed E-state index contributed by atoms with van der Waals surface area (Å²) in [4.78, 5) is 11.3. The van der Waals surface area contributed by atoms with E-state index >= 15 is 0 Å². The Bertz CT molecular complexity index is 191. The van der Waals surface area contributed by atoms with Gasteiger partial charge in [-0.2, -0.15) is 0 Å². The minimum atomic E-state index is 0.132. The second-order valence-corrected chi connectivity index (χ2v) is 4.20. The van der Waals surface area contributed by atoms with Gasteiger partial charge in [0.15, 0.2) is 5.78 Å². The molecule has 0 amide bonds. The maximum Gasteiger partial charge on any atom is 0.177 e. The van der Waals surface area contributed by atoms with E-state index in [4.69, 9.17) is 0 Å². The third-order valence-corrected chi connectivity index (χ3v) is 2.51. The van der Waals surface area contributed by atoms with Gasteiger partial charge in [0.2, 0.25) is 0 Å². The number of unbranched alkanes of at least 4 members (excludes halogenated alkanes) is 6. The Morgan fingerprint density at radius 1 is 0.812 bits per heavy atom. The summed E-state index contributed by atoms with van der Waals surface area (Å²) < 4.78 is 0. The Morgan fingerprint density at radius 3 is 1.62 bits per heavy atom. The van der Waals surface area contributed by atoms with Crippen molar-refractivity contribution in [3.8, 4) is 0 Å². The molecule has 0 aromatic heterocycles. The van der Waals surface area contributed by atoms with Gasteiger partial charge >= 0.3 is 0 Å². The lowest BCUT2D eigenvalue weighted by atomic mass is 10.1. The second kappa shape index (κ2) is 12.2. The monoisotopic (exact) mass is 222 g/mol. The Hall–Kier alpha value is -0.850. The van der Waals surface area contributed by atoms with Gasteiger partial charge in [0.25, 0.3) is 0 Å². The van der Waals surface area contributed by atoms with Crippen LogP contribution in [-0.2, 0) is 4.79 Å². The van der Waals surface area contributed by atoms with Gasteiger partial charge in [0.05, 0.1) is 0 Å². The average Bonchev–Trinajstić information content (AvgIpc) is 2.28. The zero-order chi connectivity index (χ0) is 12.1. The molecule has 0 spiro atoms. The third-order valence-electron chi connectivity index (χ3n) is 2.51. The normalized spacial score (nSPS) is 11.6. The van der Waals surface area contributed by atoms with Crippen molar-refractivity contribution in [2.45, 2.75) is 65.2 Å². The first-order chi connectivity index (χ1) is 7.81. The zero-order valence-corrected chi connectivity index (χ0v) is 10.9. The number of carbonyl (C=O) groups is 1. The van der Waals surface area contributed by atoms with Gasteiger partial charge in [-0.15, -0.1) is 0 Å². The van der Waals surface area contributed by atoms with Gasteiger partial charge in [-0.05, 0) is 37.8 Å². The Morgan fingerprint density at radius 2 is 1.25 bits per heavy atom. The van der Waals surface area contributed by atoms with Gasteiger partial charge < -0.3 is 0 Å². The highest BCUT2D eigenvalue weighted by atomic mass is 16.1. The van der Waals surface area contributed by atoms with Crippen LogP contribution < -0.4 is 0 Å². The number of allylic oxidation sites excluding steroid dienone is 4. The van der Waals surface area contributed by atoms with E-state index < -0.39 is 0 Å². The highest BCUT2D eigenvalue weighted by molar-refractivity contribution is 5.99. The summed E-state index contributed by atoms with van der Waals surface area (Å²) in [7, 11) is 0. The van der Waals surface area contributed by atoms with E-state index in [2.05, 4.69) is 13.8 Å². The summed E-state index contributed by atoms with van der Waals surface area (Å²) in [5, 5.41) is 0. The topological polar surface area (TPSA) is 17.1 Å². The lowest BCUT2D eigenvalue weighted by Crippen LogP contribution is -1.85. The molecule has 0 aromatic rings. The van der Waals surface area contributed by atoms with E-state index in [0.29, 0.717) is 0 Å². The number of ketones is 1. The minimum Gasteiger partial charge on any atom is -0.290 e. The molecule has 0 saturated carbocycles. The molecule has 0 aliphatic carbocycles. The van der Waals surface area contributed by atoms with Crippen LogP contribution in [0.25, 0.3) is 0 Å². The molecule has 92 valence electrons. The molecule has 0 rings (SSSR count). The molecule has 0 unspecified atom stereocenters. The number of hydrogen-bond donors (Lipinski definition) is 0. The van der Waals surface area contributed by atoms with E-state index in [1.807, 2.05) is 12.2 Å². The standard InChI is InChI=1S/C15H26O/c1-3-5-7-9-11-13-15(16)14-12-10-8-6-4-2/h11-14H,3-10H2,1-2H3/b13-11+,14-12+. The highest BCUT2D eigenvalue weighted by Crippen LogP contribution is 2.01. The van der Waals surface area contributed by atoms with E-state index in [9.17, 15) is 4.79 Å². The molecule has 0 heterocycles. The summed E-state index contributed by atoms with van der Waals surface area (Å²) in [5.41, 5.74) is 0. The molecule has 0 bridgehead atoms. The van der Waals surface area contributed by atoms with Gasteiger partial charge in [0, 0.05) is 0 Å². The molecule has 0 fully saturated rings. The average molecular weight is 222 g/mol. The molecule has 16 heavy (non-hydrogen) atoms. The summed E-state index contributed by atoms with van der Waals surface area (Å²) in [6, 6.07) is 0. The van der Waals surface area contributed by atoms with Crippen molar-refractivity contribution in [3.05, 3.63) is 24.3 Å². The van der Waals surface area contributed by atoms with Crippen LogP contribution in [0.3, 0.4) is 0 Å². The molecule has 1 heteroatoms. The fourth-order valence-corrected chi connectivity index (χ4v) is 1.48. The van der Waals surface area contributed by atoms with Crippen LogP contribution in [0.2, 0.25) is 0 Å². The van der Waals surface area contributed by atoms with Crippen LogP contribution in [0.15, 0.2) is 24.3 Å². The first-order valence-corrected chi connectivity index (χ1v) is 6.68. The molecule has 0 N–H and O–H groups in total. The van der Waals surface area contributed by atoms with Crippen LogP contribution in [0.5, 0.6) is 0 Å². The van der Waals surface area contributed by atoms with Crippen molar-refractivity contribution < 1.29 is 4.79 Å². The molecule has 0 aliphatic rings. The maximum atomic E-state index is 11.3. The zero-order valence-electron chi connectivity index (χ0n) is 10.9. The predicted octanol–water partition coefficient (Wildman–Crippen LogP) is 4.83. The highest BCUT2D eigenvalue weighted by Gasteiger charge is 1.88. The van der Waals surface area contributed by atoms with E-state index in [-0.39, 0.29) is 5.78 Å². The largest absolute Gasteiger partial charge is 0.290 e. The summed E-state index contributed by atoms with van der Waals surface area (Å²) in [6.07, 6.45) is 16.8. The van der Waals surface area contributed by atoms with E-state index in [1.54, 1.807) is 12.2 Å². The smallest absolute Gasteiger partial charge is 0.177 e. The Kier molecular flexibility index (Phi) is 11.6. The summed E-state index contributed by atoms with van der Waals surface area (Å²) in [5.74, 6) is 0.132. The van der Waals surface area contributed by atoms with Gasteiger partial charge in [-0.3, -0.25) is 4.79 Å². The minimum absolute atomic E-state index is 0.132. The lowest BCUT2D eigenvalue weighted by molar-refractivity contribution is -0.110. The van der Waals surface area contributed by atoms with Crippen molar-refractivity contribution in [1.29, 1.82) is 0 Å². The van der Waals surface area contributed by atoms with Crippen molar-refractivity contribution >= 4 is 5.78 Å². The fraction of sp³-hybridized carbons (Fsp3) is 0.667. The Labute approximate surface area is 101 Å². The Balaban J connectivity index is 3.48. The molecule has 0 aromatic carbocycles. The van der Waals surface area contributed by atoms with Crippen LogP contribution in [0, 0.1) is 0 Å².